The molecule has 0 saturated carbocycles. The topological polar surface area (TPSA) is 34.4 Å². The SMILES string of the molecule is CCNC(C1=CCCCO1)c1ccc(C)o1. The summed E-state index contributed by atoms with van der Waals surface area (Å²) in [6.07, 6.45) is 4.37. The van der Waals surface area contributed by atoms with E-state index in [1.807, 2.05) is 19.1 Å². The van der Waals surface area contributed by atoms with Gasteiger partial charge in [0.15, 0.2) is 0 Å². The molecule has 2 heterocycles. The zero-order valence-electron chi connectivity index (χ0n) is 9.95. The first kappa shape index (κ1) is 11.3. The average Bonchev–Trinajstić information content (AvgIpc) is 2.74. The third-order valence-corrected chi connectivity index (χ3v) is 2.70. The van der Waals surface area contributed by atoms with Gasteiger partial charge in [0.25, 0.3) is 0 Å². The molecule has 0 saturated heterocycles. The molecule has 0 radical (unpaired) electrons. The smallest absolute Gasteiger partial charge is 0.128 e. The van der Waals surface area contributed by atoms with Crippen molar-refractivity contribution in [3.63, 3.8) is 0 Å². The Morgan fingerprint density at radius 2 is 2.31 bits per heavy atom. The Labute approximate surface area is 96.5 Å². The Morgan fingerprint density at radius 3 is 2.88 bits per heavy atom. The van der Waals surface area contributed by atoms with Crippen LogP contribution in [-0.2, 0) is 4.74 Å². The molecule has 0 bridgehead atoms. The van der Waals surface area contributed by atoms with Gasteiger partial charge in [-0.05, 0) is 44.5 Å². The first-order valence-corrected chi connectivity index (χ1v) is 5.94. The van der Waals surface area contributed by atoms with E-state index in [-0.39, 0.29) is 6.04 Å². The van der Waals surface area contributed by atoms with Gasteiger partial charge >= 0.3 is 0 Å². The van der Waals surface area contributed by atoms with Crippen LogP contribution in [0.25, 0.3) is 0 Å². The molecule has 1 unspecified atom stereocenters. The highest BCUT2D eigenvalue weighted by atomic mass is 16.5. The largest absolute Gasteiger partial charge is 0.496 e. The monoisotopic (exact) mass is 221 g/mol. The molecule has 0 aromatic carbocycles. The predicted molar refractivity (Wildman–Crippen MR) is 63.1 cm³/mol. The van der Waals surface area contributed by atoms with Gasteiger partial charge in [0.1, 0.15) is 23.3 Å². The zero-order chi connectivity index (χ0) is 11.4. The van der Waals surface area contributed by atoms with Crippen molar-refractivity contribution in [1.82, 2.24) is 5.32 Å². The molecule has 1 atom stereocenters. The molecule has 16 heavy (non-hydrogen) atoms. The normalized spacial score (nSPS) is 17.8. The highest BCUT2D eigenvalue weighted by molar-refractivity contribution is 5.19. The Balaban J connectivity index is 2.19. The summed E-state index contributed by atoms with van der Waals surface area (Å²) in [6.45, 7) is 5.76. The molecule has 0 fully saturated rings. The number of allylic oxidation sites excluding steroid dienone is 1. The van der Waals surface area contributed by atoms with Crippen LogP contribution in [0, 0.1) is 6.92 Å². The molecule has 1 aromatic heterocycles. The lowest BCUT2D eigenvalue weighted by atomic mass is 10.1. The van der Waals surface area contributed by atoms with E-state index in [0.717, 1.165) is 43.3 Å². The van der Waals surface area contributed by atoms with Gasteiger partial charge in [0.05, 0.1) is 6.61 Å². The first-order valence-electron chi connectivity index (χ1n) is 5.94. The van der Waals surface area contributed by atoms with Crippen molar-refractivity contribution in [1.29, 1.82) is 0 Å². The maximum atomic E-state index is 5.69. The highest BCUT2D eigenvalue weighted by Crippen LogP contribution is 2.27. The van der Waals surface area contributed by atoms with Gasteiger partial charge < -0.3 is 14.5 Å². The summed E-state index contributed by atoms with van der Waals surface area (Å²) in [5, 5.41) is 3.39. The quantitative estimate of drug-likeness (QED) is 0.848. The van der Waals surface area contributed by atoms with Crippen LogP contribution in [0.15, 0.2) is 28.4 Å². The number of furan rings is 1. The van der Waals surface area contributed by atoms with E-state index in [2.05, 4.69) is 18.3 Å². The Bertz CT molecular complexity index is 368. The van der Waals surface area contributed by atoms with Gasteiger partial charge in [0.2, 0.25) is 0 Å². The fourth-order valence-corrected chi connectivity index (χ4v) is 1.93. The predicted octanol–water partition coefficient (Wildman–Crippen LogP) is 2.93. The molecule has 1 aliphatic heterocycles. The van der Waals surface area contributed by atoms with Crippen LogP contribution in [-0.4, -0.2) is 13.2 Å². The van der Waals surface area contributed by atoms with Crippen molar-refractivity contribution in [2.45, 2.75) is 32.7 Å². The second kappa shape index (κ2) is 5.21. The fourth-order valence-electron chi connectivity index (χ4n) is 1.93. The van der Waals surface area contributed by atoms with E-state index in [1.165, 1.54) is 0 Å². The number of rotatable bonds is 4. The summed E-state index contributed by atoms with van der Waals surface area (Å²) < 4.78 is 11.4. The third kappa shape index (κ3) is 2.47. The number of hydrogen-bond acceptors (Lipinski definition) is 3. The molecule has 3 heteroatoms. The van der Waals surface area contributed by atoms with E-state index in [1.54, 1.807) is 0 Å². The molecule has 3 nitrogen and oxygen atoms in total. The lowest BCUT2D eigenvalue weighted by molar-refractivity contribution is 0.162. The summed E-state index contributed by atoms with van der Waals surface area (Å²) in [7, 11) is 0. The molecule has 0 amide bonds. The van der Waals surface area contributed by atoms with Crippen molar-refractivity contribution < 1.29 is 9.15 Å². The van der Waals surface area contributed by atoms with Crippen molar-refractivity contribution in [2.24, 2.45) is 0 Å². The second-order valence-corrected chi connectivity index (χ2v) is 4.04. The van der Waals surface area contributed by atoms with Crippen molar-refractivity contribution in [2.75, 3.05) is 13.2 Å². The van der Waals surface area contributed by atoms with Crippen LogP contribution < -0.4 is 5.32 Å². The molecular weight excluding hydrogens is 202 g/mol. The van der Waals surface area contributed by atoms with Crippen LogP contribution in [0.4, 0.5) is 0 Å². The Kier molecular flexibility index (Phi) is 3.67. The van der Waals surface area contributed by atoms with Crippen molar-refractivity contribution in [3.8, 4) is 0 Å². The van der Waals surface area contributed by atoms with E-state index >= 15 is 0 Å². The van der Waals surface area contributed by atoms with Crippen LogP contribution in [0.3, 0.4) is 0 Å². The van der Waals surface area contributed by atoms with Crippen LogP contribution in [0.2, 0.25) is 0 Å². The lowest BCUT2D eigenvalue weighted by Gasteiger charge is -2.22. The van der Waals surface area contributed by atoms with E-state index in [4.69, 9.17) is 9.15 Å². The van der Waals surface area contributed by atoms with Gasteiger partial charge in [-0.15, -0.1) is 0 Å². The van der Waals surface area contributed by atoms with Crippen molar-refractivity contribution >= 4 is 0 Å². The summed E-state index contributed by atoms with van der Waals surface area (Å²) in [5.41, 5.74) is 0. The van der Waals surface area contributed by atoms with Crippen LogP contribution in [0.5, 0.6) is 0 Å². The van der Waals surface area contributed by atoms with E-state index in [9.17, 15) is 0 Å². The number of nitrogens with one attached hydrogen (secondary N) is 1. The first-order chi connectivity index (χ1) is 7.81. The number of aryl methyl sites for hydroxylation is 1. The molecular formula is C13H19NO2. The summed E-state index contributed by atoms with van der Waals surface area (Å²) in [5.74, 6) is 2.88. The van der Waals surface area contributed by atoms with Crippen LogP contribution in [0.1, 0.15) is 37.3 Å². The van der Waals surface area contributed by atoms with Gasteiger partial charge in [-0.1, -0.05) is 6.92 Å². The standard InChI is InChI=1S/C13H19NO2/c1-3-14-13(11-6-4-5-9-15-11)12-8-7-10(2)16-12/h6-8,13-14H,3-5,9H2,1-2H3. The van der Waals surface area contributed by atoms with Gasteiger partial charge in [0, 0.05) is 0 Å². The second-order valence-electron chi connectivity index (χ2n) is 4.04. The minimum absolute atomic E-state index is 0.0685. The molecule has 0 aliphatic carbocycles. The Hall–Kier alpha value is -1.22. The average molecular weight is 221 g/mol. The number of hydrogen-bond donors (Lipinski definition) is 1. The number of ether oxygens (including phenoxy) is 1. The van der Waals surface area contributed by atoms with Crippen molar-refractivity contribution in [3.05, 3.63) is 35.5 Å². The van der Waals surface area contributed by atoms with Gasteiger partial charge in [-0.25, -0.2) is 0 Å². The summed E-state index contributed by atoms with van der Waals surface area (Å²) in [4.78, 5) is 0. The minimum Gasteiger partial charge on any atom is -0.496 e. The minimum atomic E-state index is 0.0685. The van der Waals surface area contributed by atoms with Gasteiger partial charge in [-0.2, -0.15) is 0 Å². The molecule has 88 valence electrons. The van der Waals surface area contributed by atoms with Crippen LogP contribution >= 0.6 is 0 Å². The Morgan fingerprint density at radius 1 is 1.44 bits per heavy atom. The number of likely N-dealkylation sites (N-methyl/N-ethyl adjacent to an activating group) is 1. The van der Waals surface area contributed by atoms with E-state index < -0.39 is 0 Å². The third-order valence-electron chi connectivity index (χ3n) is 2.70. The lowest BCUT2D eigenvalue weighted by Crippen LogP contribution is -2.24. The fraction of sp³-hybridized carbons (Fsp3) is 0.538. The molecule has 0 spiro atoms. The maximum Gasteiger partial charge on any atom is 0.128 e. The highest BCUT2D eigenvalue weighted by Gasteiger charge is 2.21. The molecule has 1 aromatic rings. The summed E-state index contributed by atoms with van der Waals surface area (Å²) >= 11 is 0. The molecule has 1 N–H and O–H groups in total. The van der Waals surface area contributed by atoms with Gasteiger partial charge in [-0.3, -0.25) is 0 Å². The zero-order valence-corrected chi connectivity index (χ0v) is 9.95. The molecule has 2 rings (SSSR count). The molecule has 1 aliphatic rings. The maximum absolute atomic E-state index is 5.69. The van der Waals surface area contributed by atoms with E-state index in [0.29, 0.717) is 0 Å². The summed E-state index contributed by atoms with van der Waals surface area (Å²) in [6, 6.07) is 4.07.